The minimum Gasteiger partial charge on any atom is -0.497 e. The first-order valence-electron chi connectivity index (χ1n) is 10.4. The number of aryl methyl sites for hydroxylation is 1. The number of likely N-dealkylation sites (tertiary alicyclic amines) is 1. The maximum atomic E-state index is 12.9. The average Bonchev–Trinajstić information content (AvgIpc) is 3.47. The third-order valence-corrected chi connectivity index (χ3v) is 6.62. The third kappa shape index (κ3) is 5.26. The van der Waals surface area contributed by atoms with Crippen LogP contribution in [0.5, 0.6) is 5.75 Å². The van der Waals surface area contributed by atoms with Crippen molar-refractivity contribution in [2.75, 3.05) is 19.0 Å². The van der Waals surface area contributed by atoms with Crippen molar-refractivity contribution >= 4 is 40.4 Å². The van der Waals surface area contributed by atoms with Crippen LogP contribution in [0.25, 0.3) is 0 Å². The minimum atomic E-state index is -0.341. The van der Waals surface area contributed by atoms with Crippen molar-refractivity contribution in [1.82, 2.24) is 15.1 Å². The first kappa shape index (κ1) is 22.2. The smallest absolute Gasteiger partial charge is 0.286 e. The van der Waals surface area contributed by atoms with Gasteiger partial charge in [-0.15, -0.1) is 10.2 Å². The standard InChI is InChI=1S/C23H23ClN4O3S/c1-31-18-10-7-15(8-11-18)9-12-20(29)28-13-3-6-19(28)22-26-27-23(32-22)21(30)25-17-5-2-4-16(24)14-17/h2,4-5,7-8,10-11,14,19H,3,6,9,12-13H2,1H3,(H,25,30)/t19-/m1/s1. The normalized spacial score (nSPS) is 15.6. The lowest BCUT2D eigenvalue weighted by Crippen LogP contribution is -2.30. The van der Waals surface area contributed by atoms with Gasteiger partial charge in [0.25, 0.3) is 5.91 Å². The molecule has 1 N–H and O–H groups in total. The van der Waals surface area contributed by atoms with Crippen LogP contribution < -0.4 is 10.1 Å². The summed E-state index contributed by atoms with van der Waals surface area (Å²) in [6, 6.07) is 14.5. The molecule has 2 amide bonds. The van der Waals surface area contributed by atoms with Crippen molar-refractivity contribution in [3.05, 3.63) is 69.1 Å². The highest BCUT2D eigenvalue weighted by molar-refractivity contribution is 7.13. The van der Waals surface area contributed by atoms with Gasteiger partial charge in [-0.1, -0.05) is 41.1 Å². The summed E-state index contributed by atoms with van der Waals surface area (Å²) in [5.74, 6) is 0.543. The fourth-order valence-electron chi connectivity index (χ4n) is 3.72. The van der Waals surface area contributed by atoms with Crippen molar-refractivity contribution in [1.29, 1.82) is 0 Å². The fraction of sp³-hybridized carbons (Fsp3) is 0.304. The highest BCUT2D eigenvalue weighted by Crippen LogP contribution is 2.34. The van der Waals surface area contributed by atoms with Gasteiger partial charge in [-0.25, -0.2) is 0 Å². The first-order valence-corrected chi connectivity index (χ1v) is 11.6. The predicted octanol–water partition coefficient (Wildman–Crippen LogP) is 4.75. The number of hydrogen-bond donors (Lipinski definition) is 1. The number of ether oxygens (including phenoxy) is 1. The number of halogens is 1. The topological polar surface area (TPSA) is 84.4 Å². The van der Waals surface area contributed by atoms with Crippen LogP contribution in [0, 0.1) is 0 Å². The molecule has 0 saturated carbocycles. The van der Waals surface area contributed by atoms with Gasteiger partial charge in [0, 0.05) is 23.7 Å². The van der Waals surface area contributed by atoms with Crippen LogP contribution in [0.2, 0.25) is 5.02 Å². The number of carbonyl (C=O) groups excluding carboxylic acids is 2. The van der Waals surface area contributed by atoms with E-state index in [-0.39, 0.29) is 22.9 Å². The maximum absolute atomic E-state index is 12.9. The molecule has 32 heavy (non-hydrogen) atoms. The van der Waals surface area contributed by atoms with Gasteiger partial charge >= 0.3 is 0 Å². The Morgan fingerprint density at radius 1 is 1.22 bits per heavy atom. The number of nitrogens with one attached hydrogen (secondary N) is 1. The molecule has 2 aromatic carbocycles. The number of carbonyl (C=O) groups is 2. The number of methoxy groups -OCH3 is 1. The van der Waals surface area contributed by atoms with E-state index in [2.05, 4.69) is 15.5 Å². The molecule has 1 aromatic heterocycles. The molecular formula is C23H23ClN4O3S. The summed E-state index contributed by atoms with van der Waals surface area (Å²) in [5, 5.41) is 12.5. The van der Waals surface area contributed by atoms with E-state index in [9.17, 15) is 9.59 Å². The Balaban J connectivity index is 1.38. The quantitative estimate of drug-likeness (QED) is 0.538. The lowest BCUT2D eigenvalue weighted by atomic mass is 10.1. The Morgan fingerprint density at radius 2 is 2.03 bits per heavy atom. The zero-order valence-corrected chi connectivity index (χ0v) is 19.2. The minimum absolute atomic E-state index is 0.0865. The number of benzene rings is 2. The molecule has 166 valence electrons. The van der Waals surface area contributed by atoms with Gasteiger partial charge in [0.05, 0.1) is 13.2 Å². The summed E-state index contributed by atoms with van der Waals surface area (Å²) in [7, 11) is 1.63. The van der Waals surface area contributed by atoms with Gasteiger partial charge in [0.1, 0.15) is 10.8 Å². The van der Waals surface area contributed by atoms with Crippen molar-refractivity contribution in [2.45, 2.75) is 31.7 Å². The average molecular weight is 471 g/mol. The number of anilines is 1. The second kappa shape index (κ2) is 10.1. The Bertz CT molecular complexity index is 1100. The van der Waals surface area contributed by atoms with Gasteiger partial charge in [0.2, 0.25) is 10.9 Å². The predicted molar refractivity (Wildman–Crippen MR) is 124 cm³/mol. The molecule has 4 rings (SSSR count). The third-order valence-electron chi connectivity index (χ3n) is 5.36. The molecule has 0 bridgehead atoms. The second-order valence-corrected chi connectivity index (χ2v) is 8.95. The Labute approximate surface area is 195 Å². The largest absolute Gasteiger partial charge is 0.497 e. The zero-order chi connectivity index (χ0) is 22.5. The number of amides is 2. The summed E-state index contributed by atoms with van der Waals surface area (Å²) in [6.07, 6.45) is 2.81. The molecular weight excluding hydrogens is 448 g/mol. The van der Waals surface area contributed by atoms with Crippen molar-refractivity contribution in [2.24, 2.45) is 0 Å². The summed E-state index contributed by atoms with van der Waals surface area (Å²) >= 11 is 7.20. The highest BCUT2D eigenvalue weighted by Gasteiger charge is 2.32. The van der Waals surface area contributed by atoms with Crippen molar-refractivity contribution < 1.29 is 14.3 Å². The highest BCUT2D eigenvalue weighted by atomic mass is 35.5. The first-order chi connectivity index (χ1) is 15.5. The van der Waals surface area contributed by atoms with Crippen molar-refractivity contribution in [3.63, 3.8) is 0 Å². The molecule has 1 fully saturated rings. The molecule has 2 heterocycles. The van der Waals surface area contributed by atoms with E-state index < -0.39 is 0 Å². The van der Waals surface area contributed by atoms with E-state index in [0.717, 1.165) is 24.2 Å². The van der Waals surface area contributed by atoms with E-state index in [1.54, 1.807) is 31.4 Å². The van der Waals surface area contributed by atoms with Crippen LogP contribution in [0.4, 0.5) is 5.69 Å². The molecule has 9 heteroatoms. The summed E-state index contributed by atoms with van der Waals surface area (Å²) in [4.78, 5) is 27.3. The second-order valence-electron chi connectivity index (χ2n) is 7.50. The van der Waals surface area contributed by atoms with Crippen LogP contribution in [0.15, 0.2) is 48.5 Å². The van der Waals surface area contributed by atoms with E-state index in [0.29, 0.717) is 35.1 Å². The Hall–Kier alpha value is -2.97. The van der Waals surface area contributed by atoms with Crippen LogP contribution in [-0.4, -0.2) is 40.6 Å². The van der Waals surface area contributed by atoms with Crippen LogP contribution >= 0.6 is 22.9 Å². The molecule has 7 nitrogen and oxygen atoms in total. The van der Waals surface area contributed by atoms with Crippen LogP contribution in [0.3, 0.4) is 0 Å². The molecule has 3 aromatic rings. The van der Waals surface area contributed by atoms with Gasteiger partial charge in [-0.2, -0.15) is 0 Å². The lowest BCUT2D eigenvalue weighted by Gasteiger charge is -2.22. The summed E-state index contributed by atoms with van der Waals surface area (Å²) in [5.41, 5.74) is 1.68. The van der Waals surface area contributed by atoms with Crippen LogP contribution in [-0.2, 0) is 11.2 Å². The van der Waals surface area contributed by atoms with E-state index in [1.165, 1.54) is 11.3 Å². The molecule has 1 atom stereocenters. The molecule has 0 unspecified atom stereocenters. The molecule has 0 spiro atoms. The van der Waals surface area contributed by atoms with Gasteiger partial charge in [-0.3, -0.25) is 9.59 Å². The monoisotopic (exact) mass is 470 g/mol. The van der Waals surface area contributed by atoms with Gasteiger partial charge in [0.15, 0.2) is 0 Å². The Morgan fingerprint density at radius 3 is 2.78 bits per heavy atom. The summed E-state index contributed by atoms with van der Waals surface area (Å²) in [6.45, 7) is 0.690. The fourth-order valence-corrected chi connectivity index (χ4v) is 4.80. The molecule has 0 radical (unpaired) electrons. The number of hydrogen-bond acceptors (Lipinski definition) is 6. The Kier molecular flexibility index (Phi) is 7.02. The molecule has 1 saturated heterocycles. The maximum Gasteiger partial charge on any atom is 0.286 e. The van der Waals surface area contributed by atoms with Gasteiger partial charge < -0.3 is 15.0 Å². The van der Waals surface area contributed by atoms with E-state index >= 15 is 0 Å². The van der Waals surface area contributed by atoms with Crippen LogP contribution in [0.1, 0.15) is 45.7 Å². The SMILES string of the molecule is COc1ccc(CCC(=O)N2CCC[C@@H]2c2nnc(C(=O)Nc3cccc(Cl)c3)s2)cc1. The molecule has 1 aliphatic rings. The van der Waals surface area contributed by atoms with E-state index in [4.69, 9.17) is 16.3 Å². The van der Waals surface area contributed by atoms with Gasteiger partial charge in [-0.05, 0) is 55.2 Å². The number of rotatable bonds is 7. The zero-order valence-electron chi connectivity index (χ0n) is 17.6. The van der Waals surface area contributed by atoms with E-state index in [1.807, 2.05) is 29.2 Å². The number of aromatic nitrogens is 2. The number of nitrogens with zero attached hydrogens (tertiary/aromatic N) is 3. The molecule has 1 aliphatic heterocycles. The van der Waals surface area contributed by atoms with Crippen molar-refractivity contribution in [3.8, 4) is 5.75 Å². The lowest BCUT2D eigenvalue weighted by molar-refractivity contribution is -0.132. The molecule has 0 aliphatic carbocycles. The summed E-state index contributed by atoms with van der Waals surface area (Å²) < 4.78 is 5.18.